The topological polar surface area (TPSA) is 26.3 Å². The first-order valence-electron chi connectivity index (χ1n) is 6.63. The Balaban J connectivity index is 2.31. The maximum absolute atomic E-state index is 12.0. The Hall–Kier alpha value is -1.57. The number of ketones is 1. The smallest absolute Gasteiger partial charge is 0.159 e. The van der Waals surface area contributed by atoms with Crippen LogP contribution in [0.1, 0.15) is 38.2 Å². The third-order valence-electron chi connectivity index (χ3n) is 3.63. The van der Waals surface area contributed by atoms with E-state index in [1.165, 1.54) is 0 Å². The lowest BCUT2D eigenvalue weighted by atomic mass is 9.81. The third-order valence-corrected chi connectivity index (χ3v) is 3.63. The molecule has 0 heterocycles. The van der Waals surface area contributed by atoms with E-state index in [2.05, 4.69) is 6.92 Å². The number of rotatable bonds is 3. The molecule has 0 amide bonds. The summed E-state index contributed by atoms with van der Waals surface area (Å²) in [6.45, 7) is 2.16. The molecule has 0 bridgehead atoms. The zero-order valence-electron chi connectivity index (χ0n) is 11.1. The lowest BCUT2D eigenvalue weighted by molar-refractivity contribution is -0.117. The van der Waals surface area contributed by atoms with Crippen LogP contribution in [0.5, 0.6) is 5.75 Å². The molecule has 1 fully saturated rings. The molecule has 1 aliphatic rings. The summed E-state index contributed by atoms with van der Waals surface area (Å²) in [5.41, 5.74) is 2.05. The van der Waals surface area contributed by atoms with Gasteiger partial charge in [0.2, 0.25) is 0 Å². The summed E-state index contributed by atoms with van der Waals surface area (Å²) in [6, 6.07) is 7.87. The van der Waals surface area contributed by atoms with E-state index in [1.54, 1.807) is 7.11 Å². The van der Waals surface area contributed by atoms with Gasteiger partial charge in [-0.1, -0.05) is 19.1 Å². The lowest BCUT2D eigenvalue weighted by Gasteiger charge is -2.23. The van der Waals surface area contributed by atoms with Crippen LogP contribution >= 0.6 is 0 Å². The molecule has 1 aromatic rings. The standard InChI is InChI=1S/C16H20O2/c1-3-13-7-5-9-16(17)15(13)11-12-6-4-8-14(10-12)18-2/h4,6,8,10-11,13H,3,5,7,9H2,1-2H3/b15-11-. The number of allylic oxidation sites excluding steroid dienone is 1. The summed E-state index contributed by atoms with van der Waals surface area (Å²) in [6.07, 6.45) is 5.96. The second kappa shape index (κ2) is 5.85. The summed E-state index contributed by atoms with van der Waals surface area (Å²) in [5.74, 6) is 1.58. The van der Waals surface area contributed by atoms with E-state index in [4.69, 9.17) is 4.74 Å². The monoisotopic (exact) mass is 244 g/mol. The Morgan fingerprint density at radius 3 is 3.00 bits per heavy atom. The number of hydrogen-bond donors (Lipinski definition) is 0. The summed E-state index contributed by atoms with van der Waals surface area (Å²) in [4.78, 5) is 12.0. The van der Waals surface area contributed by atoms with Crippen molar-refractivity contribution in [3.05, 3.63) is 35.4 Å². The molecule has 2 heteroatoms. The Bertz CT molecular complexity index is 460. The molecular formula is C16H20O2. The van der Waals surface area contributed by atoms with Crippen molar-refractivity contribution >= 4 is 11.9 Å². The van der Waals surface area contributed by atoms with Crippen LogP contribution in [-0.2, 0) is 4.79 Å². The maximum atomic E-state index is 12.0. The predicted molar refractivity (Wildman–Crippen MR) is 73.6 cm³/mol. The van der Waals surface area contributed by atoms with Crippen molar-refractivity contribution < 1.29 is 9.53 Å². The van der Waals surface area contributed by atoms with E-state index in [1.807, 2.05) is 30.3 Å². The van der Waals surface area contributed by atoms with Crippen molar-refractivity contribution in [2.24, 2.45) is 5.92 Å². The van der Waals surface area contributed by atoms with Gasteiger partial charge in [0, 0.05) is 6.42 Å². The molecular weight excluding hydrogens is 224 g/mol. The van der Waals surface area contributed by atoms with Gasteiger partial charge >= 0.3 is 0 Å². The fraction of sp³-hybridized carbons (Fsp3) is 0.438. The molecule has 96 valence electrons. The zero-order valence-corrected chi connectivity index (χ0v) is 11.1. The summed E-state index contributed by atoms with van der Waals surface area (Å²) >= 11 is 0. The van der Waals surface area contributed by atoms with Crippen molar-refractivity contribution in [1.82, 2.24) is 0 Å². The van der Waals surface area contributed by atoms with Crippen LogP contribution in [0.4, 0.5) is 0 Å². The van der Waals surface area contributed by atoms with Crippen LogP contribution in [0, 0.1) is 5.92 Å². The van der Waals surface area contributed by atoms with Gasteiger partial charge in [0.1, 0.15) is 5.75 Å². The number of methoxy groups -OCH3 is 1. The number of benzene rings is 1. The van der Waals surface area contributed by atoms with Crippen LogP contribution < -0.4 is 4.74 Å². The number of carbonyl (C=O) groups excluding carboxylic acids is 1. The highest BCUT2D eigenvalue weighted by molar-refractivity contribution is 6.00. The second-order valence-corrected chi connectivity index (χ2v) is 4.80. The molecule has 1 atom stereocenters. The quantitative estimate of drug-likeness (QED) is 0.755. The van der Waals surface area contributed by atoms with Crippen LogP contribution in [0.25, 0.3) is 6.08 Å². The zero-order chi connectivity index (χ0) is 13.0. The minimum atomic E-state index is 0.316. The molecule has 0 aliphatic heterocycles. The van der Waals surface area contributed by atoms with Crippen molar-refractivity contribution in [2.75, 3.05) is 7.11 Å². The van der Waals surface area contributed by atoms with Crippen molar-refractivity contribution in [3.8, 4) is 5.75 Å². The molecule has 2 rings (SSSR count). The first-order chi connectivity index (χ1) is 8.74. The normalized spacial score (nSPS) is 22.2. The fourth-order valence-electron chi connectivity index (χ4n) is 2.57. The van der Waals surface area contributed by atoms with Crippen molar-refractivity contribution in [2.45, 2.75) is 32.6 Å². The van der Waals surface area contributed by atoms with E-state index >= 15 is 0 Å². The molecule has 1 aromatic carbocycles. The number of ether oxygens (including phenoxy) is 1. The van der Waals surface area contributed by atoms with E-state index in [-0.39, 0.29) is 0 Å². The maximum Gasteiger partial charge on any atom is 0.159 e. The SMILES string of the molecule is CCC1CCCC(=O)/C1=C\c1cccc(OC)c1. The third kappa shape index (κ3) is 2.81. The highest BCUT2D eigenvalue weighted by Crippen LogP contribution is 2.31. The van der Waals surface area contributed by atoms with E-state index in [0.717, 1.165) is 36.1 Å². The van der Waals surface area contributed by atoms with Gasteiger partial charge < -0.3 is 4.74 Å². The number of Topliss-reactive ketones (excluding diaryl/α,β-unsaturated/α-hetero) is 1. The summed E-state index contributed by atoms with van der Waals surface area (Å²) < 4.78 is 5.21. The summed E-state index contributed by atoms with van der Waals surface area (Å²) in [7, 11) is 1.66. The Morgan fingerprint density at radius 1 is 1.44 bits per heavy atom. The first kappa shape index (κ1) is 12.9. The van der Waals surface area contributed by atoms with Gasteiger partial charge in [0.05, 0.1) is 7.11 Å². The summed E-state index contributed by atoms with van der Waals surface area (Å²) in [5, 5.41) is 0. The highest BCUT2D eigenvalue weighted by Gasteiger charge is 2.23. The minimum absolute atomic E-state index is 0.316. The molecule has 1 saturated carbocycles. The number of hydrogen-bond acceptors (Lipinski definition) is 2. The predicted octanol–water partition coefficient (Wildman–Crippen LogP) is 3.86. The van der Waals surface area contributed by atoms with Gasteiger partial charge in [0.15, 0.2) is 5.78 Å². The fourth-order valence-corrected chi connectivity index (χ4v) is 2.57. The van der Waals surface area contributed by atoms with Crippen molar-refractivity contribution in [3.63, 3.8) is 0 Å². The molecule has 1 aliphatic carbocycles. The average molecular weight is 244 g/mol. The van der Waals surface area contributed by atoms with E-state index < -0.39 is 0 Å². The molecule has 1 unspecified atom stereocenters. The van der Waals surface area contributed by atoms with Crippen LogP contribution in [0.15, 0.2) is 29.8 Å². The van der Waals surface area contributed by atoms with Crippen LogP contribution in [0.2, 0.25) is 0 Å². The van der Waals surface area contributed by atoms with Gasteiger partial charge in [0.25, 0.3) is 0 Å². The van der Waals surface area contributed by atoms with Gasteiger partial charge in [-0.3, -0.25) is 4.79 Å². The minimum Gasteiger partial charge on any atom is -0.497 e. The Labute approximate surface area is 109 Å². The van der Waals surface area contributed by atoms with E-state index in [9.17, 15) is 4.79 Å². The largest absolute Gasteiger partial charge is 0.497 e. The molecule has 0 aromatic heterocycles. The van der Waals surface area contributed by atoms with Crippen LogP contribution in [-0.4, -0.2) is 12.9 Å². The molecule has 0 radical (unpaired) electrons. The van der Waals surface area contributed by atoms with Gasteiger partial charge in [-0.25, -0.2) is 0 Å². The molecule has 2 nitrogen and oxygen atoms in total. The Morgan fingerprint density at radius 2 is 2.28 bits per heavy atom. The molecule has 0 N–H and O–H groups in total. The Kier molecular flexibility index (Phi) is 4.19. The van der Waals surface area contributed by atoms with Gasteiger partial charge in [-0.15, -0.1) is 0 Å². The van der Waals surface area contributed by atoms with Gasteiger partial charge in [-0.2, -0.15) is 0 Å². The highest BCUT2D eigenvalue weighted by atomic mass is 16.5. The first-order valence-corrected chi connectivity index (χ1v) is 6.63. The molecule has 0 spiro atoms. The average Bonchev–Trinajstić information content (AvgIpc) is 2.41. The lowest BCUT2D eigenvalue weighted by Crippen LogP contribution is -2.18. The van der Waals surface area contributed by atoms with Crippen molar-refractivity contribution in [1.29, 1.82) is 0 Å². The molecule has 18 heavy (non-hydrogen) atoms. The van der Waals surface area contributed by atoms with Gasteiger partial charge in [-0.05, 0) is 54.5 Å². The number of carbonyl (C=O) groups is 1. The van der Waals surface area contributed by atoms with E-state index in [0.29, 0.717) is 18.1 Å². The second-order valence-electron chi connectivity index (χ2n) is 4.80. The molecule has 0 saturated heterocycles. The van der Waals surface area contributed by atoms with Crippen LogP contribution in [0.3, 0.4) is 0 Å².